The van der Waals surface area contributed by atoms with Crippen molar-refractivity contribution in [1.82, 2.24) is 0 Å². The van der Waals surface area contributed by atoms with Crippen LogP contribution in [-0.2, 0) is 38.1 Å². The van der Waals surface area contributed by atoms with Gasteiger partial charge >= 0.3 is 23.9 Å². The van der Waals surface area contributed by atoms with Crippen molar-refractivity contribution < 1.29 is 38.1 Å². The summed E-state index contributed by atoms with van der Waals surface area (Å²) in [6.45, 7) is 0. The van der Waals surface area contributed by atoms with Crippen molar-refractivity contribution in [2.75, 3.05) is 28.4 Å². The second-order valence-electron chi connectivity index (χ2n) is 5.57. The highest BCUT2D eigenvalue weighted by Crippen LogP contribution is 2.76. The van der Waals surface area contributed by atoms with E-state index in [-0.39, 0.29) is 0 Å². The van der Waals surface area contributed by atoms with Gasteiger partial charge in [0.15, 0.2) is 0 Å². The maximum absolute atomic E-state index is 12.6. The number of ether oxygens (including phenoxy) is 4. The van der Waals surface area contributed by atoms with E-state index in [0.29, 0.717) is 10.6 Å². The molecule has 1 saturated carbocycles. The average molecular weight is 385 g/mol. The topological polar surface area (TPSA) is 105 Å². The van der Waals surface area contributed by atoms with Crippen LogP contribution in [0.5, 0.6) is 0 Å². The number of esters is 4. The zero-order valence-corrected chi connectivity index (χ0v) is 15.3. The van der Waals surface area contributed by atoms with Gasteiger partial charge in [-0.15, -0.1) is 0 Å². The van der Waals surface area contributed by atoms with Crippen LogP contribution in [0.2, 0.25) is 5.02 Å². The van der Waals surface area contributed by atoms with Gasteiger partial charge in [-0.2, -0.15) is 0 Å². The van der Waals surface area contributed by atoms with Gasteiger partial charge in [0.1, 0.15) is 0 Å². The molecule has 0 atom stereocenters. The van der Waals surface area contributed by atoms with Gasteiger partial charge in [0.05, 0.1) is 28.4 Å². The fourth-order valence-electron chi connectivity index (χ4n) is 3.56. The van der Waals surface area contributed by atoms with Gasteiger partial charge in [0.25, 0.3) is 0 Å². The molecule has 1 aliphatic rings. The Morgan fingerprint density at radius 1 is 0.731 bits per heavy atom. The number of hydrogen-bond donors (Lipinski definition) is 0. The Kier molecular flexibility index (Phi) is 5.27. The molecule has 2 rings (SSSR count). The van der Waals surface area contributed by atoms with Crippen LogP contribution in [0, 0.1) is 10.8 Å². The van der Waals surface area contributed by atoms with Crippen molar-refractivity contribution >= 4 is 35.5 Å². The third-order valence-electron chi connectivity index (χ3n) is 4.64. The zero-order valence-electron chi connectivity index (χ0n) is 14.5. The minimum Gasteiger partial charge on any atom is -0.468 e. The maximum Gasteiger partial charge on any atom is 0.325 e. The minimum absolute atomic E-state index is 0.320. The minimum atomic E-state index is -2.27. The standard InChI is InChI=1S/C17H17ClO8/c1-23-12(19)16(13(20)24-2)11(9-5-7-10(18)8-6-9)17(16,14(21)25-3)15(22)26-4/h5-8,11H,1-4H3. The molecule has 1 aromatic carbocycles. The lowest BCUT2D eigenvalue weighted by atomic mass is 9.92. The van der Waals surface area contributed by atoms with E-state index in [1.54, 1.807) is 0 Å². The molecular formula is C17H17ClO8. The molecule has 0 aliphatic heterocycles. The van der Waals surface area contributed by atoms with E-state index in [2.05, 4.69) is 0 Å². The SMILES string of the molecule is COC(=O)C1(C(=O)OC)C(c2ccc(Cl)cc2)C1(C(=O)OC)C(=O)OC. The molecule has 0 amide bonds. The number of carbonyl (C=O) groups excluding carboxylic acids is 4. The molecule has 9 heteroatoms. The van der Waals surface area contributed by atoms with Gasteiger partial charge in [-0.05, 0) is 17.7 Å². The molecule has 140 valence electrons. The van der Waals surface area contributed by atoms with Crippen LogP contribution in [-0.4, -0.2) is 52.3 Å². The summed E-state index contributed by atoms with van der Waals surface area (Å²) in [6, 6.07) is 5.96. The number of hydrogen-bond acceptors (Lipinski definition) is 8. The van der Waals surface area contributed by atoms with Crippen molar-refractivity contribution in [3.63, 3.8) is 0 Å². The average Bonchev–Trinajstić information content (AvgIpc) is 3.32. The molecule has 0 bridgehead atoms. The lowest BCUT2D eigenvalue weighted by Crippen LogP contribution is -2.42. The summed E-state index contributed by atoms with van der Waals surface area (Å²) in [5.74, 6) is -5.69. The molecule has 0 unspecified atom stereocenters. The Labute approximate surface area is 154 Å². The van der Waals surface area contributed by atoms with Crippen LogP contribution in [0.25, 0.3) is 0 Å². The molecule has 0 radical (unpaired) electrons. The summed E-state index contributed by atoms with van der Waals surface area (Å²) >= 11 is 5.87. The van der Waals surface area contributed by atoms with Gasteiger partial charge in [0.2, 0.25) is 10.8 Å². The van der Waals surface area contributed by atoms with Gasteiger partial charge in [-0.3, -0.25) is 19.2 Å². The Balaban J connectivity index is 2.84. The largest absolute Gasteiger partial charge is 0.468 e. The third kappa shape index (κ3) is 2.28. The number of methoxy groups -OCH3 is 4. The number of rotatable bonds is 5. The first-order valence-corrected chi connectivity index (χ1v) is 7.77. The van der Waals surface area contributed by atoms with Crippen LogP contribution in [0.1, 0.15) is 11.5 Å². The van der Waals surface area contributed by atoms with Crippen molar-refractivity contribution in [1.29, 1.82) is 0 Å². The lowest BCUT2D eigenvalue weighted by Gasteiger charge is -2.18. The Morgan fingerprint density at radius 3 is 1.31 bits per heavy atom. The highest BCUT2D eigenvalue weighted by molar-refractivity contribution is 6.30. The second kappa shape index (κ2) is 6.95. The molecule has 1 aromatic rings. The van der Waals surface area contributed by atoms with Crippen LogP contribution in [0.15, 0.2) is 24.3 Å². The molecule has 8 nitrogen and oxygen atoms in total. The quantitative estimate of drug-likeness (QED) is 0.422. The Bertz CT molecular complexity index is 681. The summed E-state index contributed by atoms with van der Waals surface area (Å²) in [5.41, 5.74) is -4.23. The van der Waals surface area contributed by atoms with E-state index < -0.39 is 40.6 Å². The first kappa shape index (κ1) is 19.7. The smallest absolute Gasteiger partial charge is 0.325 e. The van der Waals surface area contributed by atoms with E-state index >= 15 is 0 Å². The van der Waals surface area contributed by atoms with Crippen LogP contribution >= 0.6 is 11.6 Å². The molecule has 26 heavy (non-hydrogen) atoms. The number of halogens is 1. The van der Waals surface area contributed by atoms with Gasteiger partial charge in [0, 0.05) is 10.9 Å². The van der Waals surface area contributed by atoms with Crippen molar-refractivity contribution in [3.05, 3.63) is 34.9 Å². The molecule has 1 aliphatic carbocycles. The Hall–Kier alpha value is -2.61. The lowest BCUT2D eigenvalue weighted by molar-refractivity contribution is -0.176. The predicted molar refractivity (Wildman–Crippen MR) is 87.1 cm³/mol. The second-order valence-corrected chi connectivity index (χ2v) is 6.00. The molecule has 0 saturated heterocycles. The van der Waals surface area contributed by atoms with E-state index in [1.807, 2.05) is 0 Å². The monoisotopic (exact) mass is 384 g/mol. The molecule has 0 spiro atoms. The highest BCUT2D eigenvalue weighted by Gasteiger charge is 2.95. The molecule has 0 N–H and O–H groups in total. The van der Waals surface area contributed by atoms with Crippen LogP contribution in [0.4, 0.5) is 0 Å². The summed E-state index contributed by atoms with van der Waals surface area (Å²) in [4.78, 5) is 50.6. The summed E-state index contributed by atoms with van der Waals surface area (Å²) in [6.07, 6.45) is 0. The first-order valence-electron chi connectivity index (χ1n) is 7.39. The van der Waals surface area contributed by atoms with Gasteiger partial charge in [-0.25, -0.2) is 0 Å². The zero-order chi connectivity index (χ0) is 19.7. The van der Waals surface area contributed by atoms with E-state index in [4.69, 9.17) is 30.5 Å². The van der Waals surface area contributed by atoms with Crippen LogP contribution < -0.4 is 0 Å². The van der Waals surface area contributed by atoms with Gasteiger partial charge in [-0.1, -0.05) is 23.7 Å². The number of benzene rings is 1. The van der Waals surface area contributed by atoms with Gasteiger partial charge < -0.3 is 18.9 Å². The molecule has 1 fully saturated rings. The van der Waals surface area contributed by atoms with Crippen molar-refractivity contribution in [2.45, 2.75) is 5.92 Å². The third-order valence-corrected chi connectivity index (χ3v) is 4.89. The van der Waals surface area contributed by atoms with E-state index in [0.717, 1.165) is 28.4 Å². The summed E-state index contributed by atoms with van der Waals surface area (Å²) in [7, 11) is 4.13. The molecule has 0 heterocycles. The van der Waals surface area contributed by atoms with Crippen LogP contribution in [0.3, 0.4) is 0 Å². The fraction of sp³-hybridized carbons (Fsp3) is 0.412. The van der Waals surface area contributed by atoms with Crippen molar-refractivity contribution in [2.24, 2.45) is 10.8 Å². The fourth-order valence-corrected chi connectivity index (χ4v) is 3.68. The molecule has 0 aromatic heterocycles. The highest BCUT2D eigenvalue weighted by atomic mass is 35.5. The maximum atomic E-state index is 12.6. The predicted octanol–water partition coefficient (Wildman–Crippen LogP) is 1.10. The normalized spacial score (nSPS) is 17.0. The van der Waals surface area contributed by atoms with Crippen molar-refractivity contribution in [3.8, 4) is 0 Å². The number of carbonyl (C=O) groups is 4. The van der Waals surface area contributed by atoms with E-state index in [9.17, 15) is 19.2 Å². The first-order chi connectivity index (χ1) is 12.3. The van der Waals surface area contributed by atoms with E-state index in [1.165, 1.54) is 24.3 Å². The summed E-state index contributed by atoms with van der Waals surface area (Å²) < 4.78 is 19.0. The summed E-state index contributed by atoms with van der Waals surface area (Å²) in [5, 5.41) is 0.387. The Morgan fingerprint density at radius 2 is 1.04 bits per heavy atom. The molecular weight excluding hydrogens is 368 g/mol.